The van der Waals surface area contributed by atoms with Crippen molar-refractivity contribution in [2.24, 2.45) is 0 Å². The molecule has 0 amide bonds. The number of hydrogen-bond acceptors (Lipinski definition) is 4. The van der Waals surface area contributed by atoms with Crippen molar-refractivity contribution in [3.8, 4) is 34.2 Å². The highest BCUT2D eigenvalue weighted by atomic mass is 16.3. The summed E-state index contributed by atoms with van der Waals surface area (Å²) in [5.41, 5.74) is 11.3. The van der Waals surface area contributed by atoms with E-state index < -0.39 is 0 Å². The Kier molecular flexibility index (Phi) is 6.07. The van der Waals surface area contributed by atoms with E-state index in [9.17, 15) is 0 Å². The molecule has 0 fully saturated rings. The van der Waals surface area contributed by atoms with E-state index in [0.717, 1.165) is 87.8 Å². The molecular weight excluding hydrogens is 699 g/mol. The second-order valence-electron chi connectivity index (χ2n) is 14.8. The van der Waals surface area contributed by atoms with Gasteiger partial charge in [-0.15, -0.1) is 0 Å². The maximum Gasteiger partial charge on any atom is 0.164 e. The molecule has 8 aromatic carbocycles. The van der Waals surface area contributed by atoms with Gasteiger partial charge in [0.05, 0.1) is 38.5 Å². The van der Waals surface area contributed by atoms with Crippen molar-refractivity contribution in [1.29, 1.82) is 0 Å². The van der Waals surface area contributed by atoms with Crippen molar-refractivity contribution in [3.05, 3.63) is 176 Å². The highest BCUT2D eigenvalue weighted by Gasteiger charge is 2.22. The van der Waals surface area contributed by atoms with E-state index in [4.69, 9.17) is 19.4 Å². The summed E-state index contributed by atoms with van der Waals surface area (Å²) in [6, 6.07) is 61.9. The number of fused-ring (bicyclic) bond motifs is 14. The summed E-state index contributed by atoms with van der Waals surface area (Å²) in [5.74, 6) is 1.90. The fourth-order valence-electron chi connectivity index (χ4n) is 9.25. The van der Waals surface area contributed by atoms with Crippen molar-refractivity contribution in [1.82, 2.24) is 23.8 Å². The second kappa shape index (κ2) is 11.4. The van der Waals surface area contributed by atoms with Crippen LogP contribution in [-0.4, -0.2) is 23.8 Å². The fourth-order valence-corrected chi connectivity index (χ4v) is 9.25. The van der Waals surface area contributed by atoms with E-state index in [1.807, 2.05) is 66.7 Å². The number of para-hydroxylation sites is 4. The van der Waals surface area contributed by atoms with Crippen LogP contribution in [0.5, 0.6) is 0 Å². The van der Waals surface area contributed by atoms with Crippen LogP contribution < -0.4 is 0 Å². The summed E-state index contributed by atoms with van der Waals surface area (Å²) in [4.78, 5) is 15.2. The Morgan fingerprint density at radius 2 is 0.877 bits per heavy atom. The molecular formula is C51H29N5O. The molecule has 6 nitrogen and oxygen atoms in total. The van der Waals surface area contributed by atoms with Crippen molar-refractivity contribution >= 4 is 87.4 Å². The van der Waals surface area contributed by atoms with Crippen LogP contribution in [0.1, 0.15) is 0 Å². The molecule has 57 heavy (non-hydrogen) atoms. The fraction of sp³-hybridized carbons (Fsp3) is 0. The first-order valence-electron chi connectivity index (χ1n) is 19.2. The zero-order valence-electron chi connectivity index (χ0n) is 30.4. The summed E-state index contributed by atoms with van der Waals surface area (Å²) in [6.07, 6.45) is 0. The number of rotatable bonds is 3. The zero-order valence-corrected chi connectivity index (χ0v) is 30.4. The smallest absolute Gasteiger partial charge is 0.164 e. The minimum Gasteiger partial charge on any atom is -0.455 e. The molecule has 0 N–H and O–H groups in total. The van der Waals surface area contributed by atoms with Crippen molar-refractivity contribution in [3.63, 3.8) is 0 Å². The van der Waals surface area contributed by atoms with E-state index in [2.05, 4.69) is 118 Å². The predicted octanol–water partition coefficient (Wildman–Crippen LogP) is 13.0. The first kappa shape index (κ1) is 30.5. The highest BCUT2D eigenvalue weighted by molar-refractivity contribution is 6.28. The lowest BCUT2D eigenvalue weighted by Crippen LogP contribution is -2.00. The molecule has 264 valence electrons. The molecule has 0 aliphatic heterocycles. The van der Waals surface area contributed by atoms with E-state index in [1.54, 1.807) is 0 Å². The van der Waals surface area contributed by atoms with Gasteiger partial charge in [0.25, 0.3) is 0 Å². The van der Waals surface area contributed by atoms with E-state index >= 15 is 0 Å². The van der Waals surface area contributed by atoms with Crippen molar-refractivity contribution < 1.29 is 4.42 Å². The molecule has 0 aliphatic carbocycles. The molecule has 0 bridgehead atoms. The average Bonchev–Trinajstić information content (AvgIpc) is 3.94. The molecule has 5 heterocycles. The van der Waals surface area contributed by atoms with Gasteiger partial charge in [-0.3, -0.25) is 0 Å². The van der Waals surface area contributed by atoms with Gasteiger partial charge in [0.2, 0.25) is 0 Å². The Labute approximate surface area is 324 Å². The summed E-state index contributed by atoms with van der Waals surface area (Å²) >= 11 is 0. The molecule has 6 heteroatoms. The third-order valence-corrected chi connectivity index (χ3v) is 11.7. The average molecular weight is 728 g/mol. The molecule has 13 rings (SSSR count). The van der Waals surface area contributed by atoms with Crippen LogP contribution >= 0.6 is 0 Å². The lowest BCUT2D eigenvalue weighted by molar-refractivity contribution is 0.673. The maximum absolute atomic E-state index is 6.87. The molecule has 0 radical (unpaired) electrons. The standard InChI is InChI=1S/C51H29N5O/c1-3-13-30(14-4-1)49-52-50(31-15-5-2-6-16-31)54-51(53-49)32-25-27-41-39(29-32)36-20-12-23-43-47(36)55(41)42-28-26-37-34-18-8-10-24-44(34)57-48(37)45(42)38-21-11-19-35-33-17-7-9-22-40(33)56(43)46(35)38/h1-29H. The second-order valence-corrected chi connectivity index (χ2v) is 14.8. The molecule has 0 spiro atoms. The third-order valence-electron chi connectivity index (χ3n) is 11.7. The topological polar surface area (TPSA) is 60.6 Å². The van der Waals surface area contributed by atoms with Gasteiger partial charge in [0.1, 0.15) is 11.2 Å². The van der Waals surface area contributed by atoms with Crippen LogP contribution in [0.3, 0.4) is 0 Å². The molecule has 0 aliphatic rings. The SMILES string of the molecule is c1ccc(-c2nc(-c3ccccc3)nc(-c3ccc4c(c3)c3cccc5c3n4c3ccc4c6ccccc6oc4c3c3cccc4c6ccccc6n5c43)n2)cc1. The van der Waals surface area contributed by atoms with Gasteiger partial charge >= 0.3 is 0 Å². The van der Waals surface area contributed by atoms with Gasteiger partial charge in [-0.1, -0.05) is 127 Å². The number of furan rings is 1. The van der Waals surface area contributed by atoms with Crippen LogP contribution in [0.25, 0.3) is 122 Å². The van der Waals surface area contributed by atoms with Crippen molar-refractivity contribution in [2.75, 3.05) is 0 Å². The number of benzene rings is 8. The molecule has 0 saturated heterocycles. The Bertz CT molecular complexity index is 3750. The first-order valence-corrected chi connectivity index (χ1v) is 19.2. The summed E-state index contributed by atoms with van der Waals surface area (Å²) in [5, 5.41) is 9.11. The van der Waals surface area contributed by atoms with Crippen LogP contribution in [-0.2, 0) is 0 Å². The van der Waals surface area contributed by atoms with Gasteiger partial charge in [-0.2, -0.15) is 0 Å². The quantitative estimate of drug-likeness (QED) is 0.182. The third kappa shape index (κ3) is 4.21. The summed E-state index contributed by atoms with van der Waals surface area (Å²) < 4.78 is 11.8. The van der Waals surface area contributed by atoms with Crippen LogP contribution in [0, 0.1) is 0 Å². The first-order chi connectivity index (χ1) is 28.3. The minimum atomic E-state index is 0.626. The molecule has 0 atom stereocenters. The summed E-state index contributed by atoms with van der Waals surface area (Å²) in [6.45, 7) is 0. The zero-order chi connectivity index (χ0) is 37.2. The largest absolute Gasteiger partial charge is 0.455 e. The molecule has 13 aromatic rings. The Balaban J connectivity index is 1.21. The van der Waals surface area contributed by atoms with Crippen LogP contribution in [0.2, 0.25) is 0 Å². The van der Waals surface area contributed by atoms with Crippen LogP contribution in [0.15, 0.2) is 180 Å². The van der Waals surface area contributed by atoms with Gasteiger partial charge in [0, 0.05) is 54.4 Å². The lowest BCUT2D eigenvalue weighted by atomic mass is 10.0. The number of aromatic nitrogens is 5. The Hall–Kier alpha value is -7.83. The van der Waals surface area contributed by atoms with E-state index in [1.165, 1.54) is 16.3 Å². The number of hydrogen-bond donors (Lipinski definition) is 0. The van der Waals surface area contributed by atoms with Gasteiger partial charge in [0.15, 0.2) is 17.5 Å². The van der Waals surface area contributed by atoms with E-state index in [-0.39, 0.29) is 0 Å². The molecule has 0 saturated carbocycles. The molecule has 5 aromatic heterocycles. The highest BCUT2D eigenvalue weighted by Crippen LogP contribution is 2.44. The van der Waals surface area contributed by atoms with Gasteiger partial charge in [-0.25, -0.2) is 15.0 Å². The van der Waals surface area contributed by atoms with Crippen molar-refractivity contribution in [2.45, 2.75) is 0 Å². The van der Waals surface area contributed by atoms with E-state index in [0.29, 0.717) is 17.5 Å². The minimum absolute atomic E-state index is 0.626. The van der Waals surface area contributed by atoms with Crippen LogP contribution in [0.4, 0.5) is 0 Å². The Morgan fingerprint density at radius 3 is 1.65 bits per heavy atom. The predicted molar refractivity (Wildman–Crippen MR) is 233 cm³/mol. The molecule has 0 unspecified atom stereocenters. The summed E-state index contributed by atoms with van der Waals surface area (Å²) in [7, 11) is 0. The van der Waals surface area contributed by atoms with Gasteiger partial charge in [-0.05, 0) is 48.5 Å². The Morgan fingerprint density at radius 1 is 0.333 bits per heavy atom. The maximum atomic E-state index is 6.87. The number of nitrogens with zero attached hydrogens (tertiary/aromatic N) is 5. The normalized spacial score (nSPS) is 12.2. The lowest BCUT2D eigenvalue weighted by Gasteiger charge is -2.11. The van der Waals surface area contributed by atoms with Gasteiger partial charge < -0.3 is 13.2 Å². The monoisotopic (exact) mass is 727 g/mol.